The summed E-state index contributed by atoms with van der Waals surface area (Å²) < 4.78 is 50.1. The lowest BCUT2D eigenvalue weighted by atomic mass is 9.96. The highest BCUT2D eigenvalue weighted by Crippen LogP contribution is 2.32. The fraction of sp³-hybridized carbons (Fsp3) is 0.526. The minimum Gasteiger partial charge on any atom is -0.506 e. The highest BCUT2D eigenvalue weighted by Gasteiger charge is 2.43. The van der Waals surface area contributed by atoms with Crippen LogP contribution in [0.3, 0.4) is 0 Å². The number of benzene rings is 2. The third-order valence-corrected chi connectivity index (χ3v) is 18.7. The van der Waals surface area contributed by atoms with Crippen LogP contribution in [0.5, 0.6) is 5.75 Å². The maximum Gasteiger partial charge on any atom is 0.416 e. The second-order valence-corrected chi connectivity index (χ2v) is 30.2. The fourth-order valence-corrected chi connectivity index (χ4v) is 12.5. The largest absolute Gasteiger partial charge is 0.506 e. The number of unbranched alkanes of at least 4 members (excludes halogenated alkanes) is 2. The number of nitrogens with zero attached hydrogens (tertiary/aromatic N) is 8. The first-order valence-corrected chi connectivity index (χ1v) is 36.4. The third-order valence-electron chi connectivity index (χ3n) is 18.4. The van der Waals surface area contributed by atoms with E-state index in [-0.39, 0.29) is 107 Å². The molecule has 6 atom stereocenters. The van der Waals surface area contributed by atoms with Crippen molar-refractivity contribution in [3.8, 4) is 28.7 Å². The number of Topliss-reactive ketones (excluding diaryl/α,β-unsaturated/α-hetero) is 2. The van der Waals surface area contributed by atoms with Crippen LogP contribution in [0.1, 0.15) is 214 Å². The van der Waals surface area contributed by atoms with Gasteiger partial charge in [0.2, 0.25) is 58.8 Å². The molecule has 2 fully saturated rings. The lowest BCUT2D eigenvalue weighted by Crippen LogP contribution is -2.57. The Labute approximate surface area is 625 Å². The molecule has 8 rings (SSSR count). The van der Waals surface area contributed by atoms with Crippen molar-refractivity contribution in [1.82, 2.24) is 72.1 Å². The normalized spacial score (nSPS) is 15.8. The van der Waals surface area contributed by atoms with Gasteiger partial charge in [0.25, 0.3) is 23.6 Å². The molecule has 6 aromatic rings. The molecule has 4 aromatic heterocycles. The molecular weight excluding hydrogens is 1410 g/mol. The molecule has 8 amide bonds. The van der Waals surface area contributed by atoms with Gasteiger partial charge in [-0.15, -0.1) is 20.4 Å². The van der Waals surface area contributed by atoms with Gasteiger partial charge in [-0.05, 0) is 170 Å². The number of carbonyl (C=O) groups excluding carboxylic acids is 10. The zero-order valence-corrected chi connectivity index (χ0v) is 63.4. The molecule has 578 valence electrons. The summed E-state index contributed by atoms with van der Waals surface area (Å²) in [6, 6.07) is 11.8. The van der Waals surface area contributed by atoms with Gasteiger partial charge in [0.1, 0.15) is 41.3 Å². The van der Waals surface area contributed by atoms with E-state index in [2.05, 4.69) is 62.3 Å². The number of hydrogen-bond acceptors (Lipinski definition) is 19. The number of carbonyl (C=O) groups is 10. The molecule has 27 nitrogen and oxygen atoms in total. The van der Waals surface area contributed by atoms with Gasteiger partial charge in [-0.2, -0.15) is 13.2 Å². The van der Waals surface area contributed by atoms with E-state index >= 15 is 0 Å². The Bertz CT molecular complexity index is 4090. The molecule has 0 bridgehead atoms. The van der Waals surface area contributed by atoms with Crippen molar-refractivity contribution in [3.05, 3.63) is 125 Å². The predicted octanol–water partition coefficient (Wildman–Crippen LogP) is 10.4. The standard InChI is InChI=1S/C38H50ClN7O6.C38H48F3N7O7/c1-22(2)30(32(48)36-45-44-35(52-36)25-15-13-24(5)14-16-25)42-34(50)28-11-10-20-46(28)37(51)31(23(3)4)41-29(47)12-8-9-18-38(6,7)43-33(49)27-21-26(39)17-19-40-27;1-21(2)29(31(51)35-47-46-34(55-35)23-12-14-24(15-13-23)38(39,40)41)44-33(53)27-10-9-19-48(27)36(54)30(22(3)4)43-28(50)11-7-8-18-37(5,6)45-32(52)26-17-16-25(49)20-42-26/h13-17,19,21-23,28,30-31H,8-12,18,20H2,1-7H3,(H,41,47)(H,42,50)(H,43,49);12-17,20-22,27,29-30,49H,7-11,18-19H2,1-6H3,(H,43,50)(H,44,53)(H,45,52)/t28-,30-,31-;27-,29-,30-/m00/s1. The molecule has 0 saturated carbocycles. The molecule has 31 heteroatoms. The SMILES string of the molecule is CC(C)[C@H](NC(=O)[C@@H]1CCCN1C(=O)[C@@H](NC(=O)CCCCC(C)(C)NC(=O)c1ccc(O)cn1)C(C)C)C(=O)c1nnc(-c2ccc(C(F)(F)F)cc2)o1.Cc1ccc(-c2nnc(C(=O)[C@@H](NC(=O)[C@@H]3CCCN3C(=O)[C@@H](NC(=O)CCCCC(C)(C)NC(=O)c3cc(Cl)ccn3)C(C)C)C(C)C)o2)cc1. The van der Waals surface area contributed by atoms with Crippen LogP contribution in [0.4, 0.5) is 13.2 Å². The summed E-state index contributed by atoms with van der Waals surface area (Å²) in [7, 11) is 0. The van der Waals surface area contributed by atoms with E-state index in [4.69, 9.17) is 20.4 Å². The van der Waals surface area contributed by atoms with Gasteiger partial charge in [0.05, 0.1) is 23.8 Å². The van der Waals surface area contributed by atoms with Crippen LogP contribution in [0.25, 0.3) is 22.9 Å². The maximum atomic E-state index is 13.9. The van der Waals surface area contributed by atoms with Gasteiger partial charge < -0.3 is 55.6 Å². The minimum absolute atomic E-state index is 0.0480. The molecule has 0 spiro atoms. The molecule has 2 aromatic carbocycles. The number of halogens is 4. The summed E-state index contributed by atoms with van der Waals surface area (Å²) in [5.74, 6) is -6.25. The summed E-state index contributed by atoms with van der Waals surface area (Å²) in [5, 5.41) is 42.6. The van der Waals surface area contributed by atoms with Crippen molar-refractivity contribution in [1.29, 1.82) is 0 Å². The Hall–Kier alpha value is -10.0. The van der Waals surface area contributed by atoms with Crippen LogP contribution >= 0.6 is 11.6 Å². The van der Waals surface area contributed by atoms with Crippen molar-refractivity contribution >= 4 is 70.4 Å². The van der Waals surface area contributed by atoms with Gasteiger partial charge in [0.15, 0.2) is 0 Å². The van der Waals surface area contributed by atoms with Crippen LogP contribution in [0, 0.1) is 30.6 Å². The van der Waals surface area contributed by atoms with Crippen molar-refractivity contribution in [3.63, 3.8) is 0 Å². The Balaban J connectivity index is 0.000000299. The number of likely N-dealkylation sites (tertiary alicyclic amines) is 2. The van der Waals surface area contributed by atoms with Gasteiger partial charge in [0, 0.05) is 59.4 Å². The molecule has 107 heavy (non-hydrogen) atoms. The third kappa shape index (κ3) is 24.0. The van der Waals surface area contributed by atoms with E-state index in [1.165, 1.54) is 40.4 Å². The first-order valence-electron chi connectivity index (χ1n) is 36.1. The lowest BCUT2D eigenvalue weighted by Gasteiger charge is -2.31. The monoisotopic (exact) mass is 1510 g/mol. The number of alkyl halides is 3. The lowest BCUT2D eigenvalue weighted by molar-refractivity contribution is -0.142. The topological polar surface area (TPSA) is 373 Å². The number of hydrogen-bond donors (Lipinski definition) is 7. The molecule has 0 unspecified atom stereocenters. The van der Waals surface area contributed by atoms with Crippen molar-refractivity contribution in [2.45, 2.75) is 221 Å². The summed E-state index contributed by atoms with van der Waals surface area (Å²) in [4.78, 5) is 144. The van der Waals surface area contributed by atoms with E-state index in [0.29, 0.717) is 81.3 Å². The number of aromatic nitrogens is 6. The second kappa shape index (κ2) is 37.5. The zero-order chi connectivity index (χ0) is 78.8. The van der Waals surface area contributed by atoms with E-state index in [0.717, 1.165) is 29.8 Å². The summed E-state index contributed by atoms with van der Waals surface area (Å²) in [5.41, 5.74) is 0.295. The minimum atomic E-state index is -4.53. The average Bonchev–Trinajstić information content (AvgIpc) is 1.70. The number of aromatic hydroxyl groups is 1. The van der Waals surface area contributed by atoms with Gasteiger partial charge in [-0.3, -0.25) is 52.9 Å². The quantitative estimate of drug-likeness (QED) is 0.0152. The molecule has 6 heterocycles. The van der Waals surface area contributed by atoms with Gasteiger partial charge >= 0.3 is 6.18 Å². The van der Waals surface area contributed by atoms with Crippen LogP contribution in [0.15, 0.2) is 94.0 Å². The molecular formula is C76H98ClF3N14O13. The predicted molar refractivity (Wildman–Crippen MR) is 390 cm³/mol. The smallest absolute Gasteiger partial charge is 0.416 e. The number of amides is 8. The van der Waals surface area contributed by atoms with E-state index in [9.17, 15) is 66.2 Å². The maximum absolute atomic E-state index is 13.9. The first-order chi connectivity index (χ1) is 50.3. The highest BCUT2D eigenvalue weighted by molar-refractivity contribution is 6.30. The van der Waals surface area contributed by atoms with Crippen LogP contribution < -0.4 is 31.9 Å². The van der Waals surface area contributed by atoms with E-state index in [1.54, 1.807) is 47.6 Å². The van der Waals surface area contributed by atoms with Crippen molar-refractivity contribution in [2.75, 3.05) is 13.1 Å². The van der Waals surface area contributed by atoms with E-state index in [1.807, 2.05) is 72.7 Å². The number of aryl methyl sites for hydroxylation is 1. The molecule has 0 aliphatic carbocycles. The number of pyridine rings is 2. The number of ketones is 2. The molecule has 2 saturated heterocycles. The van der Waals surface area contributed by atoms with Crippen LogP contribution in [-0.2, 0) is 34.9 Å². The van der Waals surface area contributed by atoms with Crippen molar-refractivity contribution in [2.24, 2.45) is 23.7 Å². The van der Waals surface area contributed by atoms with Gasteiger partial charge in [-0.25, -0.2) is 4.98 Å². The molecule has 0 radical (unpaired) electrons. The Morgan fingerprint density at radius 3 is 1.36 bits per heavy atom. The van der Waals surface area contributed by atoms with Crippen LogP contribution in [0.2, 0.25) is 5.02 Å². The zero-order valence-electron chi connectivity index (χ0n) is 62.7. The van der Waals surface area contributed by atoms with Gasteiger partial charge in [-0.1, -0.05) is 97.5 Å². The number of rotatable bonds is 32. The Kier molecular flexibility index (Phi) is 29.5. The van der Waals surface area contributed by atoms with Crippen molar-refractivity contribution < 1.29 is 75.1 Å². The van der Waals surface area contributed by atoms with E-state index < -0.39 is 100 Å². The Morgan fingerprint density at radius 2 is 0.963 bits per heavy atom. The summed E-state index contributed by atoms with van der Waals surface area (Å²) in [6.07, 6.45) is 3.84. The molecule has 2 aliphatic heterocycles. The summed E-state index contributed by atoms with van der Waals surface area (Å²) in [6.45, 7) is 24.4. The highest BCUT2D eigenvalue weighted by atomic mass is 35.5. The second-order valence-electron chi connectivity index (χ2n) is 29.8. The first kappa shape index (κ1) is 84.3. The summed E-state index contributed by atoms with van der Waals surface area (Å²) >= 11 is 5.98. The fourth-order valence-electron chi connectivity index (χ4n) is 12.3. The average molecular weight is 1510 g/mol. The molecule has 7 N–H and O–H groups in total. The number of nitrogens with one attached hydrogen (secondary N) is 6. The molecule has 2 aliphatic rings. The van der Waals surface area contributed by atoms with Crippen LogP contribution in [-0.4, -0.2) is 165 Å². The Morgan fingerprint density at radius 1 is 0.542 bits per heavy atom.